The third-order valence-corrected chi connectivity index (χ3v) is 6.00. The molecule has 2 aromatic heterocycles. The number of aromatic nitrogens is 3. The number of benzene rings is 1. The van der Waals surface area contributed by atoms with E-state index in [1.807, 2.05) is 39.1 Å². The minimum Gasteiger partial charge on any atom is -0.506 e. The van der Waals surface area contributed by atoms with Crippen molar-refractivity contribution in [3.05, 3.63) is 47.3 Å². The molecule has 172 valence electrons. The highest BCUT2D eigenvalue weighted by molar-refractivity contribution is 5.82. The largest absolute Gasteiger partial charge is 0.506 e. The molecule has 0 spiro atoms. The van der Waals surface area contributed by atoms with Crippen LogP contribution in [-0.4, -0.2) is 56.9 Å². The molecule has 1 unspecified atom stereocenters. The first-order valence-electron chi connectivity index (χ1n) is 11.2. The maximum absolute atomic E-state index is 10.4. The Morgan fingerprint density at radius 1 is 1.19 bits per heavy atom. The zero-order chi connectivity index (χ0) is 22.8. The van der Waals surface area contributed by atoms with Crippen LogP contribution < -0.4 is 5.32 Å². The van der Waals surface area contributed by atoms with Gasteiger partial charge in [-0.05, 0) is 64.4 Å². The Morgan fingerprint density at radius 3 is 2.69 bits per heavy atom. The molecule has 8 heteroatoms. The molecule has 32 heavy (non-hydrogen) atoms. The zero-order valence-corrected chi connectivity index (χ0v) is 19.5. The lowest BCUT2D eigenvalue weighted by atomic mass is 10.1. The molecule has 3 heterocycles. The summed E-state index contributed by atoms with van der Waals surface area (Å²) in [6, 6.07) is 9.87. The predicted molar refractivity (Wildman–Crippen MR) is 125 cm³/mol. The summed E-state index contributed by atoms with van der Waals surface area (Å²) in [6.45, 7) is 9.35. The summed E-state index contributed by atoms with van der Waals surface area (Å²) in [5.41, 5.74) is 4.62. The van der Waals surface area contributed by atoms with Gasteiger partial charge in [0.1, 0.15) is 11.4 Å². The van der Waals surface area contributed by atoms with Gasteiger partial charge >= 0.3 is 0 Å². The third-order valence-electron chi connectivity index (χ3n) is 6.00. The van der Waals surface area contributed by atoms with Gasteiger partial charge in [-0.15, -0.1) is 0 Å². The van der Waals surface area contributed by atoms with Gasteiger partial charge in [0, 0.05) is 18.3 Å². The first-order chi connectivity index (χ1) is 15.4. The molecule has 0 aliphatic carbocycles. The summed E-state index contributed by atoms with van der Waals surface area (Å²) in [6.07, 6.45) is 1.48. The second-order valence-electron chi connectivity index (χ2n) is 8.55. The van der Waals surface area contributed by atoms with Crippen LogP contribution in [0.5, 0.6) is 5.75 Å². The average Bonchev–Trinajstić information content (AvgIpc) is 3.09. The van der Waals surface area contributed by atoms with Crippen molar-refractivity contribution in [2.24, 2.45) is 0 Å². The molecule has 0 bridgehead atoms. The van der Waals surface area contributed by atoms with E-state index in [-0.39, 0.29) is 24.5 Å². The van der Waals surface area contributed by atoms with Crippen molar-refractivity contribution in [1.29, 1.82) is 0 Å². The van der Waals surface area contributed by atoms with Crippen LogP contribution in [0, 0.1) is 13.8 Å². The van der Waals surface area contributed by atoms with Gasteiger partial charge < -0.3 is 24.5 Å². The molecule has 0 radical (unpaired) electrons. The van der Waals surface area contributed by atoms with Crippen LogP contribution in [0.3, 0.4) is 0 Å². The molecule has 2 N–H and O–H groups in total. The van der Waals surface area contributed by atoms with Gasteiger partial charge in [-0.3, -0.25) is 9.88 Å². The van der Waals surface area contributed by atoms with Crippen LogP contribution in [0.4, 0.5) is 5.95 Å². The number of imidazole rings is 1. The van der Waals surface area contributed by atoms with E-state index >= 15 is 0 Å². The predicted octanol–water partition coefficient (Wildman–Crippen LogP) is 3.99. The number of fused-ring (bicyclic) bond motifs is 1. The highest BCUT2D eigenvalue weighted by atomic mass is 16.9. The fourth-order valence-corrected chi connectivity index (χ4v) is 4.07. The van der Waals surface area contributed by atoms with Gasteiger partial charge in [-0.1, -0.05) is 19.1 Å². The molecule has 4 rings (SSSR count). The number of para-hydroxylation sites is 1. The Labute approximate surface area is 189 Å². The molecular formula is C24H33N5O3. The minimum absolute atomic E-state index is 0.127. The van der Waals surface area contributed by atoms with Crippen molar-refractivity contribution >= 4 is 17.0 Å². The van der Waals surface area contributed by atoms with E-state index in [1.165, 1.54) is 0 Å². The quantitative estimate of drug-likeness (QED) is 0.521. The second kappa shape index (κ2) is 9.44. The number of ether oxygens (including phenoxy) is 2. The average molecular weight is 440 g/mol. The van der Waals surface area contributed by atoms with Gasteiger partial charge in [0.2, 0.25) is 12.4 Å². The Morgan fingerprint density at radius 2 is 1.97 bits per heavy atom. The number of aromatic hydroxyl groups is 1. The van der Waals surface area contributed by atoms with Crippen molar-refractivity contribution in [2.75, 3.05) is 18.9 Å². The maximum atomic E-state index is 10.4. The molecule has 3 aromatic rings. The summed E-state index contributed by atoms with van der Waals surface area (Å²) in [5, 5.41) is 14.0. The Balaban J connectivity index is 1.57. The summed E-state index contributed by atoms with van der Waals surface area (Å²) in [7, 11) is 2.01. The van der Waals surface area contributed by atoms with Crippen molar-refractivity contribution in [3.63, 3.8) is 0 Å². The molecule has 1 atom stereocenters. The van der Waals surface area contributed by atoms with Gasteiger partial charge in [-0.2, -0.15) is 0 Å². The molecule has 1 fully saturated rings. The van der Waals surface area contributed by atoms with Crippen molar-refractivity contribution < 1.29 is 14.6 Å². The molecule has 1 aliphatic heterocycles. The standard InChI is InChI=1S/C24H33N5O3/c1-6-18(12-13-28(5)24-31-17(4)32-24)26-23-27-19-9-7-8-15(2)22(19)29(23)14-20-21(30)11-10-16(3)25-20/h7-11,17-18,24,30H,6,12-14H2,1-5H3,(H,26,27). The van der Waals surface area contributed by atoms with Gasteiger partial charge in [0.25, 0.3) is 0 Å². The summed E-state index contributed by atoms with van der Waals surface area (Å²) in [4.78, 5) is 11.5. The van der Waals surface area contributed by atoms with Gasteiger partial charge in [0.15, 0.2) is 6.29 Å². The monoisotopic (exact) mass is 439 g/mol. The lowest BCUT2D eigenvalue weighted by Gasteiger charge is -2.39. The summed E-state index contributed by atoms with van der Waals surface area (Å²) in [5.74, 6) is 0.983. The van der Waals surface area contributed by atoms with E-state index in [0.29, 0.717) is 12.2 Å². The molecule has 1 aromatic carbocycles. The second-order valence-corrected chi connectivity index (χ2v) is 8.55. The minimum atomic E-state index is -0.259. The van der Waals surface area contributed by atoms with E-state index in [0.717, 1.165) is 47.6 Å². The number of hydrogen-bond donors (Lipinski definition) is 2. The fourth-order valence-electron chi connectivity index (χ4n) is 4.07. The fraction of sp³-hybridized carbons (Fsp3) is 0.500. The molecule has 0 amide bonds. The van der Waals surface area contributed by atoms with Crippen LogP contribution in [0.2, 0.25) is 0 Å². The van der Waals surface area contributed by atoms with Crippen molar-refractivity contribution in [2.45, 2.75) is 65.8 Å². The smallest absolute Gasteiger partial charge is 0.223 e. The Kier molecular flexibility index (Phi) is 6.64. The summed E-state index contributed by atoms with van der Waals surface area (Å²) >= 11 is 0. The number of aryl methyl sites for hydroxylation is 2. The van der Waals surface area contributed by atoms with Crippen molar-refractivity contribution in [1.82, 2.24) is 19.4 Å². The van der Waals surface area contributed by atoms with E-state index in [9.17, 15) is 5.11 Å². The van der Waals surface area contributed by atoms with Crippen LogP contribution >= 0.6 is 0 Å². The first kappa shape index (κ1) is 22.5. The van der Waals surface area contributed by atoms with Crippen LogP contribution in [0.1, 0.15) is 43.6 Å². The SMILES string of the molecule is CCC(CCN(C)C1OC(C)O1)Nc1nc2cccc(C)c2n1Cc1nc(C)ccc1O. The van der Waals surface area contributed by atoms with E-state index < -0.39 is 0 Å². The molecule has 1 saturated heterocycles. The highest BCUT2D eigenvalue weighted by Crippen LogP contribution is 2.27. The first-order valence-corrected chi connectivity index (χ1v) is 11.2. The Bertz CT molecular complexity index is 1080. The number of pyridine rings is 1. The Hall–Kier alpha value is -2.68. The van der Waals surface area contributed by atoms with E-state index in [4.69, 9.17) is 14.5 Å². The third kappa shape index (κ3) is 4.72. The number of anilines is 1. The van der Waals surface area contributed by atoms with Crippen molar-refractivity contribution in [3.8, 4) is 5.75 Å². The molecule has 0 saturated carbocycles. The normalized spacial score (nSPS) is 19.3. The van der Waals surface area contributed by atoms with Crippen LogP contribution in [0.25, 0.3) is 11.0 Å². The maximum Gasteiger partial charge on any atom is 0.223 e. The van der Waals surface area contributed by atoms with E-state index in [2.05, 4.69) is 39.7 Å². The zero-order valence-electron chi connectivity index (χ0n) is 19.5. The highest BCUT2D eigenvalue weighted by Gasteiger charge is 2.30. The lowest BCUT2D eigenvalue weighted by molar-refractivity contribution is -0.419. The number of rotatable bonds is 9. The topological polar surface area (TPSA) is 84.7 Å². The molecular weight excluding hydrogens is 406 g/mol. The molecule has 8 nitrogen and oxygen atoms in total. The van der Waals surface area contributed by atoms with Crippen LogP contribution in [0.15, 0.2) is 30.3 Å². The molecule has 1 aliphatic rings. The number of nitrogens with zero attached hydrogens (tertiary/aromatic N) is 4. The van der Waals surface area contributed by atoms with E-state index in [1.54, 1.807) is 6.07 Å². The van der Waals surface area contributed by atoms with Gasteiger partial charge in [-0.25, -0.2) is 4.98 Å². The van der Waals surface area contributed by atoms with Crippen LogP contribution in [-0.2, 0) is 16.0 Å². The number of hydrogen-bond acceptors (Lipinski definition) is 7. The summed E-state index contributed by atoms with van der Waals surface area (Å²) < 4.78 is 13.3. The van der Waals surface area contributed by atoms with Gasteiger partial charge in [0.05, 0.1) is 17.6 Å². The lowest BCUT2D eigenvalue weighted by Crippen LogP contribution is -2.50. The number of nitrogens with one attached hydrogen (secondary N) is 1.